The van der Waals surface area contributed by atoms with Gasteiger partial charge in [-0.2, -0.15) is 13.2 Å². The lowest BCUT2D eigenvalue weighted by Crippen LogP contribution is -2.33. The van der Waals surface area contributed by atoms with Crippen molar-refractivity contribution in [1.82, 2.24) is 4.90 Å². The second-order valence-corrected chi connectivity index (χ2v) is 4.55. The second-order valence-electron chi connectivity index (χ2n) is 4.55. The second kappa shape index (κ2) is 7.61. The number of hydrogen-bond acceptors (Lipinski definition) is 3. The lowest BCUT2D eigenvalue weighted by molar-refractivity contribution is -0.137. The SMILES string of the molecule is CCOCCN(C)C(CN)c1cccc(C(F)(F)F)c1. The van der Waals surface area contributed by atoms with Crippen LogP contribution in [-0.4, -0.2) is 38.3 Å². The van der Waals surface area contributed by atoms with E-state index in [9.17, 15) is 13.2 Å². The van der Waals surface area contributed by atoms with Gasteiger partial charge in [-0.15, -0.1) is 0 Å². The Morgan fingerprint density at radius 3 is 2.60 bits per heavy atom. The average molecular weight is 290 g/mol. The summed E-state index contributed by atoms with van der Waals surface area (Å²) in [6.07, 6.45) is -4.33. The Labute approximate surface area is 117 Å². The van der Waals surface area contributed by atoms with Crippen molar-refractivity contribution in [3.8, 4) is 0 Å². The molecule has 3 nitrogen and oxygen atoms in total. The molecule has 1 rings (SSSR count). The fraction of sp³-hybridized carbons (Fsp3) is 0.571. The third-order valence-electron chi connectivity index (χ3n) is 3.15. The minimum atomic E-state index is -4.33. The maximum Gasteiger partial charge on any atom is 0.416 e. The number of alkyl halides is 3. The highest BCUT2D eigenvalue weighted by atomic mass is 19.4. The van der Waals surface area contributed by atoms with Gasteiger partial charge >= 0.3 is 6.18 Å². The molecule has 1 unspecified atom stereocenters. The molecule has 0 heterocycles. The molecule has 0 saturated carbocycles. The molecule has 1 aromatic rings. The van der Waals surface area contributed by atoms with E-state index in [4.69, 9.17) is 10.5 Å². The highest BCUT2D eigenvalue weighted by Crippen LogP contribution is 2.31. The minimum Gasteiger partial charge on any atom is -0.380 e. The maximum atomic E-state index is 12.7. The lowest BCUT2D eigenvalue weighted by atomic mass is 10.0. The Bertz CT molecular complexity index is 410. The molecule has 114 valence electrons. The summed E-state index contributed by atoms with van der Waals surface area (Å²) in [4.78, 5) is 1.91. The van der Waals surface area contributed by atoms with Gasteiger partial charge in [-0.05, 0) is 31.7 Å². The number of ether oxygens (including phenoxy) is 1. The molecule has 6 heteroatoms. The van der Waals surface area contributed by atoms with Crippen LogP contribution in [0.2, 0.25) is 0 Å². The van der Waals surface area contributed by atoms with Crippen LogP contribution in [0.1, 0.15) is 24.1 Å². The summed E-state index contributed by atoms with van der Waals surface area (Å²) in [7, 11) is 1.83. The van der Waals surface area contributed by atoms with Gasteiger partial charge in [-0.25, -0.2) is 0 Å². The normalized spacial score (nSPS) is 13.8. The van der Waals surface area contributed by atoms with Crippen LogP contribution in [0.5, 0.6) is 0 Å². The molecule has 0 aliphatic heterocycles. The van der Waals surface area contributed by atoms with Crippen molar-refractivity contribution < 1.29 is 17.9 Å². The van der Waals surface area contributed by atoms with E-state index in [0.717, 1.165) is 12.1 Å². The van der Waals surface area contributed by atoms with Gasteiger partial charge in [0.25, 0.3) is 0 Å². The number of nitrogens with zero attached hydrogens (tertiary/aromatic N) is 1. The summed E-state index contributed by atoms with van der Waals surface area (Å²) in [6.45, 7) is 3.91. The van der Waals surface area contributed by atoms with E-state index in [1.54, 1.807) is 6.07 Å². The van der Waals surface area contributed by atoms with E-state index in [-0.39, 0.29) is 12.6 Å². The summed E-state index contributed by atoms with van der Waals surface area (Å²) in [5.41, 5.74) is 5.63. The van der Waals surface area contributed by atoms with Crippen molar-refractivity contribution >= 4 is 0 Å². The highest BCUT2D eigenvalue weighted by Gasteiger charge is 2.31. The first-order valence-electron chi connectivity index (χ1n) is 6.55. The fourth-order valence-corrected chi connectivity index (χ4v) is 2.00. The molecule has 0 bridgehead atoms. The summed E-state index contributed by atoms with van der Waals surface area (Å²) in [5, 5.41) is 0. The lowest BCUT2D eigenvalue weighted by Gasteiger charge is -2.27. The molecule has 20 heavy (non-hydrogen) atoms. The van der Waals surface area contributed by atoms with Crippen LogP contribution in [0.3, 0.4) is 0 Å². The topological polar surface area (TPSA) is 38.5 Å². The van der Waals surface area contributed by atoms with Crippen LogP contribution in [-0.2, 0) is 10.9 Å². The number of benzene rings is 1. The zero-order valence-electron chi connectivity index (χ0n) is 11.8. The largest absolute Gasteiger partial charge is 0.416 e. The third kappa shape index (κ3) is 4.77. The van der Waals surface area contributed by atoms with Gasteiger partial charge < -0.3 is 10.5 Å². The molecule has 0 amide bonds. The van der Waals surface area contributed by atoms with E-state index in [0.29, 0.717) is 25.3 Å². The standard InChI is InChI=1S/C14H21F3N2O/c1-3-20-8-7-19(2)13(10-18)11-5-4-6-12(9-11)14(15,16)17/h4-6,9,13H,3,7-8,10,18H2,1-2H3. The van der Waals surface area contributed by atoms with Gasteiger partial charge in [0, 0.05) is 25.7 Å². The molecular weight excluding hydrogens is 269 g/mol. The highest BCUT2D eigenvalue weighted by molar-refractivity contribution is 5.28. The first-order chi connectivity index (χ1) is 9.40. The molecule has 0 spiro atoms. The van der Waals surface area contributed by atoms with E-state index in [1.807, 2.05) is 18.9 Å². The molecule has 0 aliphatic rings. The van der Waals surface area contributed by atoms with Crippen molar-refractivity contribution in [2.24, 2.45) is 5.73 Å². The van der Waals surface area contributed by atoms with E-state index >= 15 is 0 Å². The van der Waals surface area contributed by atoms with Crippen LogP contribution in [0.4, 0.5) is 13.2 Å². The van der Waals surface area contributed by atoms with Gasteiger partial charge in [0.05, 0.1) is 12.2 Å². The molecule has 0 fully saturated rings. The molecule has 1 aromatic carbocycles. The van der Waals surface area contributed by atoms with Crippen LogP contribution in [0.25, 0.3) is 0 Å². The minimum absolute atomic E-state index is 0.252. The van der Waals surface area contributed by atoms with Gasteiger partial charge in [0.1, 0.15) is 0 Å². The molecule has 0 saturated heterocycles. The zero-order chi connectivity index (χ0) is 15.2. The summed E-state index contributed by atoms with van der Waals surface area (Å²) in [6, 6.07) is 5.06. The van der Waals surface area contributed by atoms with Gasteiger partial charge in [0.2, 0.25) is 0 Å². The monoisotopic (exact) mass is 290 g/mol. The molecular formula is C14H21F3N2O. The van der Waals surface area contributed by atoms with Crippen LogP contribution in [0.15, 0.2) is 24.3 Å². The predicted octanol–water partition coefficient (Wildman–Crippen LogP) is 2.67. The number of nitrogens with two attached hydrogens (primary N) is 1. The summed E-state index contributed by atoms with van der Waals surface area (Å²) in [5.74, 6) is 0. The third-order valence-corrected chi connectivity index (χ3v) is 3.15. The van der Waals surface area contributed by atoms with Crippen LogP contribution in [0, 0.1) is 0 Å². The van der Waals surface area contributed by atoms with Crippen molar-refractivity contribution in [2.75, 3.05) is 33.4 Å². The van der Waals surface area contributed by atoms with E-state index < -0.39 is 11.7 Å². The number of hydrogen-bond donors (Lipinski definition) is 1. The number of halogens is 3. The first kappa shape index (κ1) is 16.9. The smallest absolute Gasteiger partial charge is 0.380 e. The van der Waals surface area contributed by atoms with Gasteiger partial charge in [-0.3, -0.25) is 4.90 Å². The maximum absolute atomic E-state index is 12.7. The zero-order valence-corrected chi connectivity index (χ0v) is 11.8. The van der Waals surface area contributed by atoms with E-state index in [2.05, 4.69) is 0 Å². The molecule has 0 radical (unpaired) electrons. The van der Waals surface area contributed by atoms with Crippen LogP contribution < -0.4 is 5.73 Å². The van der Waals surface area contributed by atoms with E-state index in [1.165, 1.54) is 6.07 Å². The van der Waals surface area contributed by atoms with Crippen LogP contribution >= 0.6 is 0 Å². The number of rotatable bonds is 7. The van der Waals surface area contributed by atoms with Crippen molar-refractivity contribution in [1.29, 1.82) is 0 Å². The molecule has 0 aromatic heterocycles. The first-order valence-corrected chi connectivity index (χ1v) is 6.55. The Kier molecular flexibility index (Phi) is 6.45. The fourth-order valence-electron chi connectivity index (χ4n) is 2.00. The summed E-state index contributed by atoms with van der Waals surface area (Å²) < 4.78 is 43.4. The molecule has 0 aliphatic carbocycles. The van der Waals surface area contributed by atoms with Crippen molar-refractivity contribution in [2.45, 2.75) is 19.1 Å². The Morgan fingerprint density at radius 2 is 2.05 bits per heavy atom. The molecule has 1 atom stereocenters. The quantitative estimate of drug-likeness (QED) is 0.785. The number of likely N-dealkylation sites (N-methyl/N-ethyl adjacent to an activating group) is 1. The van der Waals surface area contributed by atoms with Crippen molar-refractivity contribution in [3.63, 3.8) is 0 Å². The van der Waals surface area contributed by atoms with Gasteiger partial charge in [-0.1, -0.05) is 12.1 Å². The Balaban J connectivity index is 2.84. The van der Waals surface area contributed by atoms with Crippen molar-refractivity contribution in [3.05, 3.63) is 35.4 Å². The molecule has 2 N–H and O–H groups in total. The Morgan fingerprint density at radius 1 is 1.35 bits per heavy atom. The summed E-state index contributed by atoms with van der Waals surface area (Å²) >= 11 is 0. The average Bonchev–Trinajstić information content (AvgIpc) is 2.39. The Hall–Kier alpha value is -1.11. The predicted molar refractivity (Wildman–Crippen MR) is 72.4 cm³/mol. The van der Waals surface area contributed by atoms with Gasteiger partial charge in [0.15, 0.2) is 0 Å².